The molecule has 0 saturated carbocycles. The van der Waals surface area contributed by atoms with Crippen LogP contribution in [0.15, 0.2) is 0 Å². The van der Waals surface area contributed by atoms with Gasteiger partial charge in [0.05, 0.1) is 26.8 Å². The molecule has 0 bridgehead atoms. The quantitative estimate of drug-likeness (QED) is 0.0952. The zero-order chi connectivity index (χ0) is 36.2. The zero-order valence-electron chi connectivity index (χ0n) is 30.5. The highest BCUT2D eigenvalue weighted by Gasteiger charge is 1.58. The molecule has 0 aliphatic rings. The molecule has 282 valence electrons. The number of hydrogen-bond donors (Lipinski definition) is 18. The van der Waals surface area contributed by atoms with E-state index in [0.717, 1.165) is 25.5 Å². The van der Waals surface area contributed by atoms with E-state index in [2.05, 4.69) is 50.1 Å². The van der Waals surface area contributed by atoms with Crippen molar-refractivity contribution in [2.24, 2.45) is 40.1 Å². The molecular formula is C23H86N16O4. The first-order valence-electron chi connectivity index (χ1n) is 12.6. The minimum atomic E-state index is -0.250. The van der Waals surface area contributed by atoms with Crippen molar-refractivity contribution in [3.63, 3.8) is 0 Å². The van der Waals surface area contributed by atoms with Crippen LogP contribution in [0.25, 0.3) is 0 Å². The number of ether oxygens (including phenoxy) is 1. The van der Waals surface area contributed by atoms with E-state index in [4.69, 9.17) is 49.1 Å². The number of aliphatic hydroxyl groups is 3. The van der Waals surface area contributed by atoms with Crippen molar-refractivity contribution < 1.29 is 20.1 Å². The summed E-state index contributed by atoms with van der Waals surface area (Å²) in [6, 6.07) is 0. The van der Waals surface area contributed by atoms with Crippen LogP contribution >= 0.6 is 0 Å². The molecule has 43 heavy (non-hydrogen) atoms. The number of rotatable bonds is 6. The fourth-order valence-electron chi connectivity index (χ4n) is 0. The van der Waals surface area contributed by atoms with Crippen LogP contribution in [0.5, 0.6) is 0 Å². The summed E-state index contributed by atoms with van der Waals surface area (Å²) in [7, 11) is 19.7. The Kier molecular flexibility index (Phi) is 483. The highest BCUT2D eigenvalue weighted by atomic mass is 16.5. The van der Waals surface area contributed by atoms with Crippen LogP contribution in [-0.2, 0) is 4.74 Å². The second-order valence-electron chi connectivity index (χ2n) is 5.51. The fraction of sp³-hybridized carbons (Fsp3) is 0.913. The lowest BCUT2D eigenvalue weighted by molar-refractivity contribution is 0.207. The van der Waals surface area contributed by atoms with Gasteiger partial charge in [0.1, 0.15) is 0 Å². The van der Waals surface area contributed by atoms with E-state index in [9.17, 15) is 0 Å². The van der Waals surface area contributed by atoms with Crippen molar-refractivity contribution in [1.82, 2.24) is 38.5 Å². The summed E-state index contributed by atoms with van der Waals surface area (Å²) < 4.78 is 4.32. The van der Waals surface area contributed by atoms with Crippen molar-refractivity contribution in [2.45, 2.75) is 13.8 Å². The second kappa shape index (κ2) is 231. The number of aliphatic hydroxyl groups excluding tert-OH is 3. The van der Waals surface area contributed by atoms with E-state index < -0.39 is 0 Å². The van der Waals surface area contributed by atoms with Gasteiger partial charge >= 0.3 is 0 Å². The van der Waals surface area contributed by atoms with E-state index in [0.29, 0.717) is 19.9 Å². The van der Waals surface area contributed by atoms with Gasteiger partial charge in [-0.2, -0.15) is 0 Å². The third-order valence-electron chi connectivity index (χ3n) is 1.09. The summed E-state index contributed by atoms with van der Waals surface area (Å²) >= 11 is 0. The molecule has 20 heteroatoms. The highest BCUT2D eigenvalue weighted by molar-refractivity contribution is 6.12. The van der Waals surface area contributed by atoms with Gasteiger partial charge in [-0.05, 0) is 83.6 Å². The van der Waals surface area contributed by atoms with Crippen LogP contribution < -0.4 is 73.7 Å². The van der Waals surface area contributed by atoms with Crippen LogP contribution in [-0.4, -0.2) is 163 Å². The Hall–Kier alpha value is -1.38. The lowest BCUT2D eigenvalue weighted by Crippen LogP contribution is -2.15. The maximum absolute atomic E-state index is 7.76. The first-order valence-corrected chi connectivity index (χ1v) is 12.6. The monoisotopic (exact) mass is 651 g/mol. The Labute approximate surface area is 266 Å². The maximum Gasteiger partial charge on any atom is 0.0936 e. The minimum Gasteiger partial charge on any atom is -0.395 e. The molecule has 0 unspecified atom stereocenters. The molecule has 0 radical (unpaired) electrons. The third kappa shape index (κ3) is 2840. The third-order valence-corrected chi connectivity index (χ3v) is 1.09. The van der Waals surface area contributed by atoms with E-state index in [-0.39, 0.29) is 32.4 Å². The summed E-state index contributed by atoms with van der Waals surface area (Å²) in [5.74, 6) is 0. The summed E-state index contributed by atoms with van der Waals surface area (Å²) in [4.78, 5) is 2.00. The van der Waals surface area contributed by atoms with Gasteiger partial charge in [0.2, 0.25) is 0 Å². The van der Waals surface area contributed by atoms with E-state index in [1.165, 1.54) is 14.1 Å². The fourth-order valence-corrected chi connectivity index (χ4v) is 0. The molecule has 0 aliphatic carbocycles. The number of nitrogens with zero attached hydrogens (tertiary/aromatic N) is 1. The first kappa shape index (κ1) is 90.0. The lowest BCUT2D eigenvalue weighted by atomic mass is 10.8. The molecule has 0 aromatic carbocycles. The average Bonchev–Trinajstić information content (AvgIpc) is 3.00. The van der Waals surface area contributed by atoms with Gasteiger partial charge in [-0.25, -0.2) is 0 Å². The molecule has 0 heterocycles. The van der Waals surface area contributed by atoms with Gasteiger partial charge in [0.15, 0.2) is 0 Å². The van der Waals surface area contributed by atoms with Gasteiger partial charge in [0.25, 0.3) is 0 Å². The molecule has 0 amide bonds. The Bertz CT molecular complexity index is 201. The van der Waals surface area contributed by atoms with Gasteiger partial charge in [0, 0.05) is 32.8 Å². The Morgan fingerprint density at radius 1 is 0.721 bits per heavy atom. The summed E-state index contributed by atoms with van der Waals surface area (Å²) in [5, 5.41) is 45.9. The molecule has 0 saturated heterocycles. The number of nitrogens with two attached hydrogens (primary N) is 7. The maximum atomic E-state index is 7.76. The van der Waals surface area contributed by atoms with Crippen LogP contribution in [0.2, 0.25) is 0 Å². The average molecular weight is 651 g/mol. The van der Waals surface area contributed by atoms with Crippen molar-refractivity contribution in [2.75, 3.05) is 131 Å². The van der Waals surface area contributed by atoms with Gasteiger partial charge < -0.3 is 104 Å². The molecule has 0 fully saturated rings. The standard InChI is InChI=1S/2C3H9N.C2H8N2.C2H4N2.3C2H7NO.2C2H7N.CH5NO.2CH5N.2H3N/c1-4(2)3;1-3-4-2;1-4-2-3;3-1-2-4;1-4-2-3;1-3-2-4;3-1-2-4;1-3-2;1-2-3;2-1-3;2*1-2;;/h1-3H3;4H,3H2,1-2H3;4H,2-3H2,1H3;1-4H;2-3H2,1H3;3-4H,2H2,1H3;4H,1-3H2;3H,1-2H3;2-3H2,1H3;3H,1-2H2;2*2H2,1H3;2*1H3. The predicted octanol–water partition coefficient (Wildman–Crippen LogP) is -4.38. The van der Waals surface area contributed by atoms with Crippen LogP contribution in [0, 0.1) is 10.8 Å². The van der Waals surface area contributed by atoms with Crippen molar-refractivity contribution in [1.29, 1.82) is 10.8 Å². The second-order valence-corrected chi connectivity index (χ2v) is 5.51. The van der Waals surface area contributed by atoms with Gasteiger partial charge in [-0.1, -0.05) is 13.8 Å². The minimum absolute atomic E-state index is 0. The zero-order valence-corrected chi connectivity index (χ0v) is 30.5. The lowest BCUT2D eigenvalue weighted by Gasteiger charge is -1.90. The first-order chi connectivity index (χ1) is 19.5. The normalized spacial score (nSPS) is 6.33. The highest BCUT2D eigenvalue weighted by Crippen LogP contribution is 1.47. The van der Waals surface area contributed by atoms with Crippen molar-refractivity contribution in [3.05, 3.63) is 0 Å². The Balaban J connectivity index is -0.0000000178. The molecule has 0 rings (SSSR count). The molecular weight excluding hydrogens is 564 g/mol. The Morgan fingerprint density at radius 2 is 0.860 bits per heavy atom. The molecule has 0 atom stereocenters. The number of hydrogen-bond acceptors (Lipinski definition) is 20. The summed E-state index contributed by atoms with van der Waals surface area (Å²) in [5.41, 5.74) is 32.8. The summed E-state index contributed by atoms with van der Waals surface area (Å²) in [6.45, 7) is 6.97. The molecule has 20 nitrogen and oxygen atoms in total. The van der Waals surface area contributed by atoms with E-state index in [1.54, 1.807) is 21.2 Å². The van der Waals surface area contributed by atoms with Gasteiger partial charge in [-0.3, -0.25) is 5.32 Å². The molecule has 29 N–H and O–H groups in total. The molecule has 0 aromatic rings. The largest absolute Gasteiger partial charge is 0.395 e. The predicted molar refractivity (Wildman–Crippen MR) is 194 cm³/mol. The number of nitrogens with one attached hydrogen (secondary N) is 6. The smallest absolute Gasteiger partial charge is 0.0936 e. The van der Waals surface area contributed by atoms with E-state index >= 15 is 0 Å². The van der Waals surface area contributed by atoms with Crippen LogP contribution in [0.3, 0.4) is 0 Å². The summed E-state index contributed by atoms with van der Waals surface area (Å²) in [6.07, 6.45) is 1.83. The van der Waals surface area contributed by atoms with E-state index in [1.807, 2.05) is 54.1 Å². The van der Waals surface area contributed by atoms with Crippen molar-refractivity contribution >= 4 is 12.4 Å². The number of methoxy groups -OCH3 is 1. The van der Waals surface area contributed by atoms with Crippen LogP contribution in [0.1, 0.15) is 13.8 Å². The Morgan fingerprint density at radius 3 is 0.860 bits per heavy atom. The van der Waals surface area contributed by atoms with Crippen molar-refractivity contribution in [3.8, 4) is 0 Å². The van der Waals surface area contributed by atoms with Crippen LogP contribution in [0.4, 0.5) is 0 Å². The molecule has 0 aromatic heterocycles. The van der Waals surface area contributed by atoms with Gasteiger partial charge in [-0.15, -0.1) is 0 Å². The topological polar surface area (TPSA) is 421 Å². The molecule has 0 aliphatic heterocycles. The SMILES string of the molecule is CCN.CCNC.CN.CN.CN(C)C.CNC.CNCN.CNCO.COCN.N.N.N=CC=N.NCCO.NCO. The molecule has 0 spiro atoms.